The van der Waals surface area contributed by atoms with E-state index in [9.17, 15) is 20.3 Å². The number of nitrogens with one attached hydrogen (secondary N) is 1. The van der Waals surface area contributed by atoms with Crippen molar-refractivity contribution in [1.29, 1.82) is 5.26 Å². The number of hydrogen-bond donors (Lipinski definition) is 3. The van der Waals surface area contributed by atoms with E-state index in [4.69, 9.17) is 4.74 Å². The molecular formula is C25H34N2O4. The molecule has 0 radical (unpaired) electrons. The van der Waals surface area contributed by atoms with Crippen LogP contribution in [0.3, 0.4) is 0 Å². The first-order valence-electron chi connectivity index (χ1n) is 11.0. The van der Waals surface area contributed by atoms with E-state index in [-0.39, 0.29) is 12.5 Å². The molecule has 0 fully saturated rings. The van der Waals surface area contributed by atoms with Crippen LogP contribution < -0.4 is 5.32 Å². The average Bonchev–Trinajstić information content (AvgIpc) is 2.98. The van der Waals surface area contributed by atoms with Crippen LogP contribution in [0.5, 0.6) is 0 Å². The lowest BCUT2D eigenvalue weighted by molar-refractivity contribution is -0.140. The van der Waals surface area contributed by atoms with Gasteiger partial charge in [0.25, 0.3) is 0 Å². The van der Waals surface area contributed by atoms with Crippen LogP contribution in [0.25, 0.3) is 0 Å². The highest BCUT2D eigenvalue weighted by molar-refractivity contribution is 5.66. The number of carbonyl (C=O) groups is 1. The van der Waals surface area contributed by atoms with Crippen LogP contribution in [0.2, 0.25) is 0 Å². The summed E-state index contributed by atoms with van der Waals surface area (Å²) in [4.78, 5) is 11.4. The Balaban J connectivity index is 2.61. The van der Waals surface area contributed by atoms with Crippen LogP contribution >= 0.6 is 0 Å². The smallest absolute Gasteiger partial charge is 0.303 e. The molecule has 1 aliphatic heterocycles. The van der Waals surface area contributed by atoms with Gasteiger partial charge in [0, 0.05) is 12.5 Å². The molecule has 31 heavy (non-hydrogen) atoms. The summed E-state index contributed by atoms with van der Waals surface area (Å²) >= 11 is 0. The highest BCUT2D eigenvalue weighted by atomic mass is 16.5. The van der Waals surface area contributed by atoms with E-state index >= 15 is 0 Å². The number of hydrogen-bond acceptors (Lipinski definition) is 6. The van der Waals surface area contributed by atoms with Crippen molar-refractivity contribution in [2.45, 2.75) is 72.1 Å². The summed E-state index contributed by atoms with van der Waals surface area (Å²) in [5.41, 5.74) is 3.97. The van der Waals surface area contributed by atoms with Gasteiger partial charge in [-0.3, -0.25) is 4.79 Å². The van der Waals surface area contributed by atoms with Crippen LogP contribution in [0.15, 0.2) is 57.9 Å². The number of unbranched alkanes of at least 4 members (excludes halogenated alkanes) is 2. The van der Waals surface area contributed by atoms with Crippen molar-refractivity contribution in [2.24, 2.45) is 5.92 Å². The Morgan fingerprint density at radius 1 is 1.39 bits per heavy atom. The number of nitrogens with zero attached hydrogens (tertiary/aromatic N) is 1. The molecule has 0 amide bonds. The Hall–Kier alpha value is -2.62. The minimum Gasteiger partial charge on any atom is -0.459 e. The van der Waals surface area contributed by atoms with Crippen molar-refractivity contribution in [2.75, 3.05) is 6.61 Å². The van der Waals surface area contributed by atoms with E-state index < -0.39 is 18.3 Å². The quantitative estimate of drug-likeness (QED) is 0.381. The minimum absolute atomic E-state index is 0.00762. The monoisotopic (exact) mass is 426 g/mol. The van der Waals surface area contributed by atoms with Gasteiger partial charge >= 0.3 is 5.97 Å². The summed E-state index contributed by atoms with van der Waals surface area (Å²) in [7, 11) is 0. The van der Waals surface area contributed by atoms with Gasteiger partial charge < -0.3 is 20.3 Å². The van der Waals surface area contributed by atoms with Crippen molar-refractivity contribution >= 4 is 5.97 Å². The summed E-state index contributed by atoms with van der Waals surface area (Å²) < 4.78 is 5.23. The summed E-state index contributed by atoms with van der Waals surface area (Å²) in [5, 5.41) is 34.8. The molecule has 2 aliphatic rings. The lowest BCUT2D eigenvalue weighted by Crippen LogP contribution is -2.41. The van der Waals surface area contributed by atoms with Crippen LogP contribution in [-0.4, -0.2) is 35.1 Å². The maximum atomic E-state index is 11.5. The van der Waals surface area contributed by atoms with Crippen molar-refractivity contribution in [3.63, 3.8) is 0 Å². The van der Waals surface area contributed by atoms with Crippen LogP contribution in [0.4, 0.5) is 0 Å². The number of ether oxygens (including phenoxy) is 1. The Morgan fingerprint density at radius 2 is 2.13 bits per heavy atom. The average molecular weight is 427 g/mol. The highest BCUT2D eigenvalue weighted by Crippen LogP contribution is 2.37. The number of esters is 1. The zero-order valence-electron chi connectivity index (χ0n) is 18.9. The third kappa shape index (κ3) is 6.43. The van der Waals surface area contributed by atoms with E-state index in [0.717, 1.165) is 24.8 Å². The number of aliphatic hydroxyl groups is 2. The fraction of sp³-hybridized carbons (Fsp3) is 0.520. The molecule has 2 rings (SSSR count). The molecule has 0 aromatic heterocycles. The predicted molar refractivity (Wildman–Crippen MR) is 120 cm³/mol. The molecule has 0 aromatic carbocycles. The zero-order valence-corrected chi connectivity index (χ0v) is 18.9. The van der Waals surface area contributed by atoms with E-state index in [1.807, 2.05) is 32.1 Å². The maximum absolute atomic E-state index is 11.5. The number of rotatable bonds is 9. The molecule has 6 nitrogen and oxygen atoms in total. The molecule has 0 spiro atoms. The second-order valence-electron chi connectivity index (χ2n) is 8.22. The largest absolute Gasteiger partial charge is 0.459 e. The normalized spacial score (nSPS) is 20.0. The maximum Gasteiger partial charge on any atom is 0.303 e. The molecule has 0 bridgehead atoms. The van der Waals surface area contributed by atoms with Crippen LogP contribution in [0, 0.1) is 17.2 Å². The number of carbonyl (C=O) groups excluding carboxylic acids is 1. The third-order valence-electron chi connectivity index (χ3n) is 5.50. The third-order valence-corrected chi connectivity index (χ3v) is 5.50. The van der Waals surface area contributed by atoms with E-state index in [0.29, 0.717) is 40.8 Å². The zero-order chi connectivity index (χ0) is 23.0. The molecule has 0 saturated carbocycles. The van der Waals surface area contributed by atoms with Crippen molar-refractivity contribution in [3.05, 3.63) is 57.9 Å². The van der Waals surface area contributed by atoms with E-state index in [2.05, 4.69) is 18.3 Å². The molecule has 0 saturated heterocycles. The Bertz CT molecular complexity index is 868. The minimum atomic E-state index is -1.01. The Labute approximate surface area is 185 Å². The summed E-state index contributed by atoms with van der Waals surface area (Å²) in [6.07, 6.45) is 9.54. The van der Waals surface area contributed by atoms with E-state index in [1.165, 1.54) is 6.92 Å². The van der Waals surface area contributed by atoms with Gasteiger partial charge in [-0.1, -0.05) is 51.8 Å². The van der Waals surface area contributed by atoms with Crippen LogP contribution in [0.1, 0.15) is 59.8 Å². The molecule has 1 aliphatic carbocycles. The molecular weight excluding hydrogens is 392 g/mol. The van der Waals surface area contributed by atoms with Gasteiger partial charge in [0.15, 0.2) is 0 Å². The van der Waals surface area contributed by atoms with Gasteiger partial charge in [-0.2, -0.15) is 5.26 Å². The SMILES string of the molecule is CCCCCC1=C(COC(C)=O)NC(O)C(C(C)C)=C1C(O)C1=CC(C#N)=CCC=C1. The second kappa shape index (κ2) is 11.7. The van der Waals surface area contributed by atoms with Gasteiger partial charge in [-0.25, -0.2) is 0 Å². The first-order valence-corrected chi connectivity index (χ1v) is 11.0. The number of allylic oxidation sites excluding steroid dienone is 4. The molecule has 168 valence electrons. The lowest BCUT2D eigenvalue weighted by Gasteiger charge is -2.35. The van der Waals surface area contributed by atoms with Gasteiger partial charge in [0.05, 0.1) is 11.8 Å². The standard InChI is InChI=1S/C25H34N2O4/c1-5-6-7-12-20-21(15-31-17(4)28)27-25(30)22(16(2)3)23(20)24(29)19-11-9-8-10-18(13-19)14-26/h9-11,13,16,24-25,27,29-30H,5-8,12,15H2,1-4H3. The van der Waals surface area contributed by atoms with Gasteiger partial charge in [0.2, 0.25) is 0 Å². The number of nitriles is 1. The summed E-state index contributed by atoms with van der Waals surface area (Å²) in [6, 6.07) is 2.16. The molecule has 6 heteroatoms. The molecule has 2 unspecified atom stereocenters. The molecule has 3 N–H and O–H groups in total. The fourth-order valence-corrected chi connectivity index (χ4v) is 4.00. The number of aliphatic hydroxyl groups excluding tert-OH is 2. The van der Waals surface area contributed by atoms with Gasteiger partial charge in [-0.05, 0) is 53.5 Å². The predicted octanol–water partition coefficient (Wildman–Crippen LogP) is 3.96. The van der Waals surface area contributed by atoms with E-state index in [1.54, 1.807) is 6.08 Å². The topological polar surface area (TPSA) is 103 Å². The lowest BCUT2D eigenvalue weighted by atomic mass is 9.80. The van der Waals surface area contributed by atoms with Crippen molar-refractivity contribution < 1.29 is 19.7 Å². The fourth-order valence-electron chi connectivity index (χ4n) is 4.00. The van der Waals surface area contributed by atoms with Gasteiger partial charge in [0.1, 0.15) is 18.9 Å². The second-order valence-corrected chi connectivity index (χ2v) is 8.22. The first-order chi connectivity index (χ1) is 14.8. The summed E-state index contributed by atoms with van der Waals surface area (Å²) in [6.45, 7) is 7.43. The molecule has 2 atom stereocenters. The van der Waals surface area contributed by atoms with Gasteiger partial charge in [-0.15, -0.1) is 0 Å². The Morgan fingerprint density at radius 3 is 2.74 bits per heavy atom. The molecule has 0 aromatic rings. The first kappa shape index (κ1) is 24.6. The van der Waals surface area contributed by atoms with Crippen LogP contribution in [-0.2, 0) is 9.53 Å². The highest BCUT2D eigenvalue weighted by Gasteiger charge is 2.33. The molecule has 1 heterocycles. The summed E-state index contributed by atoms with van der Waals surface area (Å²) in [5.74, 6) is -0.430. The van der Waals surface area contributed by atoms with Crippen molar-refractivity contribution in [1.82, 2.24) is 5.32 Å². The number of dihydropyridines is 1. The van der Waals surface area contributed by atoms with Crippen molar-refractivity contribution in [3.8, 4) is 6.07 Å². The Kier molecular flexibility index (Phi) is 9.29.